The maximum absolute atomic E-state index is 12.8. The molecule has 0 heterocycles. The van der Waals surface area contributed by atoms with Crippen LogP contribution in [0.15, 0.2) is 12.1 Å². The van der Waals surface area contributed by atoms with E-state index in [4.69, 9.17) is 0 Å². The number of hydrogen-bond donors (Lipinski definition) is 1. The molecule has 0 saturated heterocycles. The van der Waals surface area contributed by atoms with Crippen molar-refractivity contribution >= 4 is 0 Å². The van der Waals surface area contributed by atoms with Crippen LogP contribution in [0.1, 0.15) is 26.3 Å². The third-order valence-electron chi connectivity index (χ3n) is 1.85. The van der Waals surface area contributed by atoms with Crippen LogP contribution in [0, 0.1) is 11.6 Å². The first-order valence-electron chi connectivity index (χ1n) is 4.01. The number of benzene rings is 1. The lowest BCUT2D eigenvalue weighted by Crippen LogP contribution is -2.12. The van der Waals surface area contributed by atoms with Crippen molar-refractivity contribution in [3.05, 3.63) is 29.3 Å². The minimum atomic E-state index is -1.02. The number of rotatable bonds is 0. The average molecular weight is 186 g/mol. The summed E-state index contributed by atoms with van der Waals surface area (Å²) < 4.78 is 25.4. The average Bonchev–Trinajstić information content (AvgIpc) is 1.94. The van der Waals surface area contributed by atoms with Crippen molar-refractivity contribution in [1.82, 2.24) is 0 Å². The number of halogens is 2. The molecule has 3 heteroatoms. The number of aromatic hydroxyl groups is 1. The van der Waals surface area contributed by atoms with Crippen molar-refractivity contribution in [2.45, 2.75) is 26.2 Å². The minimum absolute atomic E-state index is 0.202. The molecule has 0 spiro atoms. The summed E-state index contributed by atoms with van der Waals surface area (Å²) in [7, 11) is 0. The maximum Gasteiger partial charge on any atom is 0.162 e. The predicted molar refractivity (Wildman–Crippen MR) is 46.7 cm³/mol. The zero-order chi connectivity index (χ0) is 10.2. The van der Waals surface area contributed by atoms with Crippen LogP contribution in [0.4, 0.5) is 8.78 Å². The second kappa shape index (κ2) is 2.98. The molecule has 1 aromatic rings. The standard InChI is InChI=1S/C10H12F2O/c1-10(2,3)6-4-7(11)8(12)5-9(6)13/h4-5,13H,1-3H3. The Morgan fingerprint density at radius 1 is 1.08 bits per heavy atom. The van der Waals surface area contributed by atoms with Gasteiger partial charge in [0.1, 0.15) is 5.75 Å². The van der Waals surface area contributed by atoms with E-state index >= 15 is 0 Å². The molecule has 1 rings (SSSR count). The Morgan fingerprint density at radius 3 is 2.00 bits per heavy atom. The van der Waals surface area contributed by atoms with Crippen LogP contribution in [-0.2, 0) is 5.41 Å². The Kier molecular flexibility index (Phi) is 2.28. The number of hydrogen-bond acceptors (Lipinski definition) is 1. The molecule has 72 valence electrons. The summed E-state index contributed by atoms with van der Waals surface area (Å²) in [6.07, 6.45) is 0. The fourth-order valence-electron chi connectivity index (χ4n) is 1.14. The molecule has 0 aliphatic rings. The highest BCUT2D eigenvalue weighted by molar-refractivity contribution is 5.38. The van der Waals surface area contributed by atoms with Crippen LogP contribution in [0.3, 0.4) is 0 Å². The van der Waals surface area contributed by atoms with Gasteiger partial charge in [0.15, 0.2) is 11.6 Å². The van der Waals surface area contributed by atoms with Gasteiger partial charge in [0.05, 0.1) is 0 Å². The van der Waals surface area contributed by atoms with Crippen molar-refractivity contribution in [3.63, 3.8) is 0 Å². The molecule has 0 aliphatic carbocycles. The molecule has 1 N–H and O–H groups in total. The van der Waals surface area contributed by atoms with Gasteiger partial charge >= 0.3 is 0 Å². The Morgan fingerprint density at radius 2 is 1.54 bits per heavy atom. The molecular formula is C10H12F2O. The smallest absolute Gasteiger partial charge is 0.162 e. The van der Waals surface area contributed by atoms with E-state index in [1.807, 2.05) is 20.8 Å². The molecule has 0 aliphatic heterocycles. The van der Waals surface area contributed by atoms with Gasteiger partial charge in [-0.15, -0.1) is 0 Å². The van der Waals surface area contributed by atoms with E-state index in [1.165, 1.54) is 0 Å². The summed E-state index contributed by atoms with van der Waals surface area (Å²) in [5.74, 6) is -2.15. The highest BCUT2D eigenvalue weighted by Gasteiger charge is 2.20. The predicted octanol–water partition coefficient (Wildman–Crippen LogP) is 2.97. The Hall–Kier alpha value is -1.12. The molecule has 0 unspecified atom stereocenters. The fraction of sp³-hybridized carbons (Fsp3) is 0.400. The van der Waals surface area contributed by atoms with Crippen LogP contribution in [0.2, 0.25) is 0 Å². The molecule has 13 heavy (non-hydrogen) atoms. The van der Waals surface area contributed by atoms with Gasteiger partial charge in [-0.05, 0) is 11.5 Å². The number of phenols is 1. The van der Waals surface area contributed by atoms with E-state index < -0.39 is 17.0 Å². The largest absolute Gasteiger partial charge is 0.508 e. The minimum Gasteiger partial charge on any atom is -0.508 e. The topological polar surface area (TPSA) is 20.2 Å². The molecule has 0 aromatic heterocycles. The van der Waals surface area contributed by atoms with Gasteiger partial charge in [-0.1, -0.05) is 20.8 Å². The molecule has 0 atom stereocenters. The van der Waals surface area contributed by atoms with Crippen LogP contribution in [0.5, 0.6) is 5.75 Å². The second-order valence-electron chi connectivity index (χ2n) is 4.03. The summed E-state index contributed by atoms with van der Waals surface area (Å²) in [5.41, 5.74) is 0.0184. The van der Waals surface area contributed by atoms with Gasteiger partial charge in [-0.25, -0.2) is 8.78 Å². The van der Waals surface area contributed by atoms with Crippen molar-refractivity contribution in [1.29, 1.82) is 0 Å². The lowest BCUT2D eigenvalue weighted by molar-refractivity contribution is 0.428. The Labute approximate surface area is 76.0 Å². The zero-order valence-corrected chi connectivity index (χ0v) is 7.86. The van der Waals surface area contributed by atoms with Gasteiger partial charge in [-0.3, -0.25) is 0 Å². The van der Waals surface area contributed by atoms with Crippen LogP contribution in [-0.4, -0.2) is 5.11 Å². The molecular weight excluding hydrogens is 174 g/mol. The highest BCUT2D eigenvalue weighted by atomic mass is 19.2. The first-order chi connectivity index (χ1) is 5.82. The summed E-state index contributed by atoms with van der Waals surface area (Å²) in [4.78, 5) is 0. The SMILES string of the molecule is CC(C)(C)c1cc(F)c(F)cc1O. The highest BCUT2D eigenvalue weighted by Crippen LogP contribution is 2.31. The van der Waals surface area contributed by atoms with Gasteiger partial charge < -0.3 is 5.11 Å². The Balaban J connectivity index is 3.32. The van der Waals surface area contributed by atoms with E-state index in [1.54, 1.807) is 0 Å². The van der Waals surface area contributed by atoms with Crippen molar-refractivity contribution in [2.24, 2.45) is 0 Å². The monoisotopic (exact) mass is 186 g/mol. The first-order valence-corrected chi connectivity index (χ1v) is 4.01. The van der Waals surface area contributed by atoms with Crippen molar-refractivity contribution in [3.8, 4) is 5.75 Å². The van der Waals surface area contributed by atoms with E-state index in [0.717, 1.165) is 12.1 Å². The first kappa shape index (κ1) is 9.96. The molecule has 1 aromatic carbocycles. The third-order valence-corrected chi connectivity index (χ3v) is 1.85. The van der Waals surface area contributed by atoms with Crippen LogP contribution >= 0.6 is 0 Å². The molecule has 0 bridgehead atoms. The van der Waals surface area contributed by atoms with Crippen molar-refractivity contribution in [2.75, 3.05) is 0 Å². The van der Waals surface area contributed by atoms with Gasteiger partial charge in [-0.2, -0.15) is 0 Å². The molecule has 0 saturated carbocycles. The van der Waals surface area contributed by atoms with Crippen LogP contribution in [0.25, 0.3) is 0 Å². The van der Waals surface area contributed by atoms with Crippen molar-refractivity contribution < 1.29 is 13.9 Å². The summed E-state index contributed by atoms with van der Waals surface area (Å²) in [6.45, 7) is 5.46. The van der Waals surface area contributed by atoms with E-state index in [-0.39, 0.29) is 5.75 Å². The van der Waals surface area contributed by atoms with E-state index in [0.29, 0.717) is 5.56 Å². The van der Waals surface area contributed by atoms with Gasteiger partial charge in [0.25, 0.3) is 0 Å². The van der Waals surface area contributed by atoms with Gasteiger partial charge in [0.2, 0.25) is 0 Å². The zero-order valence-electron chi connectivity index (χ0n) is 7.86. The fourth-order valence-corrected chi connectivity index (χ4v) is 1.14. The summed E-state index contributed by atoms with van der Waals surface area (Å²) >= 11 is 0. The number of phenolic OH excluding ortho intramolecular Hbond substituents is 1. The van der Waals surface area contributed by atoms with Gasteiger partial charge in [0, 0.05) is 11.6 Å². The van der Waals surface area contributed by atoms with E-state index in [9.17, 15) is 13.9 Å². The third kappa shape index (κ3) is 1.97. The van der Waals surface area contributed by atoms with Crippen LogP contribution < -0.4 is 0 Å². The normalized spacial score (nSPS) is 11.8. The molecule has 1 nitrogen and oxygen atoms in total. The lowest BCUT2D eigenvalue weighted by atomic mass is 9.86. The van der Waals surface area contributed by atoms with E-state index in [2.05, 4.69) is 0 Å². The Bertz CT molecular complexity index is 326. The quantitative estimate of drug-likeness (QED) is 0.660. The molecule has 0 amide bonds. The lowest BCUT2D eigenvalue weighted by Gasteiger charge is -2.20. The summed E-state index contributed by atoms with van der Waals surface area (Å²) in [5, 5.41) is 9.34. The molecule has 0 radical (unpaired) electrons. The summed E-state index contributed by atoms with van der Waals surface area (Å²) in [6, 6.07) is 1.83. The molecule has 0 fully saturated rings. The maximum atomic E-state index is 12.8. The second-order valence-corrected chi connectivity index (χ2v) is 4.03.